The minimum absolute atomic E-state index is 0.0296. The van der Waals surface area contributed by atoms with Gasteiger partial charge in [0.05, 0.1) is 12.9 Å². The quantitative estimate of drug-likeness (QED) is 0.503. The summed E-state index contributed by atoms with van der Waals surface area (Å²) in [6, 6.07) is 0. The van der Waals surface area contributed by atoms with Gasteiger partial charge in [0, 0.05) is 16.0 Å². The van der Waals surface area contributed by atoms with Crippen molar-refractivity contribution >= 4 is 22.6 Å². The number of hydrogen-bond donors (Lipinski definition) is 0. The number of carbonyl (C=O) groups excluding carboxylic acids is 2. The molecule has 0 aromatic rings. The van der Waals surface area contributed by atoms with Gasteiger partial charge in [-0.15, -0.1) is 0 Å². The summed E-state index contributed by atoms with van der Waals surface area (Å²) < 4.78 is 16.6. The molecule has 2 unspecified atom stereocenters. The molecule has 0 rings (SSSR count). The first-order valence-electron chi connectivity index (χ1n) is 6.38. The third kappa shape index (κ3) is 3.64. The molecule has 0 spiro atoms. The van der Waals surface area contributed by atoms with Crippen LogP contribution < -0.4 is 0 Å². The molecule has 0 fully saturated rings. The first-order valence-corrected chi connectivity index (χ1v) is 7.76. The van der Waals surface area contributed by atoms with Crippen molar-refractivity contribution in [1.29, 1.82) is 0 Å². The first kappa shape index (κ1) is 17.3. The first-order chi connectivity index (χ1) is 8.39. The van der Waals surface area contributed by atoms with Gasteiger partial charge in [0.2, 0.25) is 0 Å². The van der Waals surface area contributed by atoms with Crippen molar-refractivity contribution in [2.24, 2.45) is 5.41 Å². The summed E-state index contributed by atoms with van der Waals surface area (Å²) >= 11 is 0. The molecule has 0 saturated carbocycles. The second kappa shape index (κ2) is 7.67. The number of methoxy groups -OCH3 is 1. The van der Waals surface area contributed by atoms with Gasteiger partial charge >= 0.3 is 5.97 Å². The predicted octanol–water partition coefficient (Wildman–Crippen LogP) is 2.08. The van der Waals surface area contributed by atoms with Crippen molar-refractivity contribution in [3.05, 3.63) is 0 Å². The van der Waals surface area contributed by atoms with Gasteiger partial charge in [-0.25, -0.2) is 0 Å². The fourth-order valence-corrected chi connectivity index (χ4v) is 3.03. The summed E-state index contributed by atoms with van der Waals surface area (Å²) in [7, 11) is 0.0587. The summed E-state index contributed by atoms with van der Waals surface area (Å²) in [4.78, 5) is 24.1. The lowest BCUT2D eigenvalue weighted by molar-refractivity contribution is -0.157. The van der Waals surface area contributed by atoms with E-state index in [2.05, 4.69) is 0 Å². The highest BCUT2D eigenvalue weighted by Crippen LogP contribution is 2.30. The Bertz CT molecular complexity index is 321. The second-order valence-electron chi connectivity index (χ2n) is 4.45. The van der Waals surface area contributed by atoms with Gasteiger partial charge in [0.15, 0.2) is 5.78 Å². The van der Waals surface area contributed by atoms with Crippen LogP contribution in [0, 0.1) is 5.41 Å². The van der Waals surface area contributed by atoms with Crippen molar-refractivity contribution < 1.29 is 18.5 Å². The zero-order valence-electron chi connectivity index (χ0n) is 11.9. The lowest BCUT2D eigenvalue weighted by Gasteiger charge is -2.27. The number of esters is 1. The largest absolute Gasteiger partial charge is 0.468 e. The van der Waals surface area contributed by atoms with Crippen LogP contribution in [0.15, 0.2) is 0 Å². The van der Waals surface area contributed by atoms with Crippen LogP contribution in [0.3, 0.4) is 0 Å². The van der Waals surface area contributed by atoms with E-state index in [0.29, 0.717) is 12.8 Å². The molecule has 0 aliphatic rings. The molecule has 0 radical (unpaired) electrons. The van der Waals surface area contributed by atoms with Gasteiger partial charge in [-0.05, 0) is 19.3 Å². The monoisotopic (exact) mass is 276 g/mol. The number of Topliss-reactive ketones (excluding diaryl/α,β-unsaturated/α-hetero) is 1. The maximum Gasteiger partial charge on any atom is 0.319 e. The zero-order valence-corrected chi connectivity index (χ0v) is 12.8. The number of ether oxygens (including phenoxy) is 1. The van der Waals surface area contributed by atoms with Gasteiger partial charge in [-0.3, -0.25) is 13.8 Å². The van der Waals surface area contributed by atoms with E-state index < -0.39 is 22.2 Å². The number of hydrogen-bond acceptors (Lipinski definition) is 4. The van der Waals surface area contributed by atoms with Gasteiger partial charge in [-0.2, -0.15) is 0 Å². The van der Waals surface area contributed by atoms with E-state index in [1.165, 1.54) is 7.11 Å². The molecule has 4 nitrogen and oxygen atoms in total. The molecular formula is C13H24O4S. The predicted molar refractivity (Wildman–Crippen MR) is 72.8 cm³/mol. The van der Waals surface area contributed by atoms with Crippen LogP contribution in [-0.4, -0.2) is 34.1 Å². The second-order valence-corrected chi connectivity index (χ2v) is 6.30. The molecule has 0 aromatic carbocycles. The Morgan fingerprint density at radius 3 is 2.06 bits per heavy atom. The van der Waals surface area contributed by atoms with Crippen molar-refractivity contribution in [2.75, 3.05) is 12.9 Å². The molecule has 18 heavy (non-hydrogen) atoms. The Morgan fingerprint density at radius 1 is 1.22 bits per heavy atom. The number of ketones is 1. The third-order valence-electron chi connectivity index (χ3n) is 3.61. The van der Waals surface area contributed by atoms with Crippen LogP contribution in [0.4, 0.5) is 0 Å². The van der Waals surface area contributed by atoms with Crippen LogP contribution in [0.25, 0.3) is 0 Å². The van der Waals surface area contributed by atoms with Gasteiger partial charge < -0.3 is 4.74 Å². The topological polar surface area (TPSA) is 60.4 Å². The average molecular weight is 276 g/mol. The van der Waals surface area contributed by atoms with Crippen LogP contribution in [0.1, 0.15) is 47.0 Å². The lowest BCUT2D eigenvalue weighted by atomic mass is 9.79. The van der Waals surface area contributed by atoms with Gasteiger partial charge in [-0.1, -0.05) is 27.7 Å². The molecule has 0 heterocycles. The average Bonchev–Trinajstić information content (AvgIpc) is 2.39. The van der Waals surface area contributed by atoms with E-state index >= 15 is 0 Å². The number of carbonyl (C=O) groups is 2. The summed E-state index contributed by atoms with van der Waals surface area (Å²) in [6.07, 6.45) is 1.52. The Balaban J connectivity index is 5.00. The molecule has 5 heteroatoms. The zero-order chi connectivity index (χ0) is 14.3. The fourth-order valence-electron chi connectivity index (χ4n) is 1.84. The van der Waals surface area contributed by atoms with Crippen LogP contribution >= 0.6 is 0 Å². The maximum atomic E-state index is 12.3. The van der Waals surface area contributed by atoms with Gasteiger partial charge in [0.25, 0.3) is 0 Å². The Kier molecular flexibility index (Phi) is 7.36. The Hall–Kier alpha value is -0.710. The summed E-state index contributed by atoms with van der Waals surface area (Å²) in [5, 5.41) is -0.0296. The fraction of sp³-hybridized carbons (Fsp3) is 0.846. The highest BCUT2D eigenvalue weighted by molar-refractivity contribution is 7.86. The van der Waals surface area contributed by atoms with E-state index in [9.17, 15) is 13.8 Å². The molecule has 0 aliphatic carbocycles. The summed E-state index contributed by atoms with van der Waals surface area (Å²) in [5.41, 5.74) is -1.13. The molecule has 0 saturated heterocycles. The normalized spacial score (nSPS) is 14.9. The van der Waals surface area contributed by atoms with E-state index in [4.69, 9.17) is 4.74 Å². The van der Waals surface area contributed by atoms with Gasteiger partial charge in [0.1, 0.15) is 5.41 Å². The third-order valence-corrected chi connectivity index (χ3v) is 5.39. The molecule has 2 atom stereocenters. The smallest absolute Gasteiger partial charge is 0.319 e. The summed E-state index contributed by atoms with van der Waals surface area (Å²) in [5.74, 6) is -0.845. The number of rotatable bonds is 8. The highest BCUT2D eigenvalue weighted by atomic mass is 32.2. The minimum atomic E-state index is -1.22. The SMILES string of the molecule is CCC(C)S(=O)CC(=O)C(CC)(CC)C(=O)OC. The van der Waals surface area contributed by atoms with E-state index in [0.717, 1.165) is 6.42 Å². The van der Waals surface area contributed by atoms with Crippen molar-refractivity contribution in [2.45, 2.75) is 52.2 Å². The molecule has 0 N–H and O–H groups in total. The van der Waals surface area contributed by atoms with E-state index in [1.807, 2.05) is 13.8 Å². The Morgan fingerprint density at radius 2 is 1.72 bits per heavy atom. The maximum absolute atomic E-state index is 12.3. The Labute approximate surface area is 112 Å². The minimum Gasteiger partial charge on any atom is -0.468 e. The molecule has 106 valence electrons. The molecule has 0 aromatic heterocycles. The summed E-state index contributed by atoms with van der Waals surface area (Å²) in [6.45, 7) is 7.34. The van der Waals surface area contributed by atoms with Crippen molar-refractivity contribution in [3.8, 4) is 0 Å². The molecule has 0 bridgehead atoms. The highest BCUT2D eigenvalue weighted by Gasteiger charge is 2.43. The van der Waals surface area contributed by atoms with E-state index in [-0.39, 0.29) is 16.8 Å². The molecule has 0 amide bonds. The van der Waals surface area contributed by atoms with Crippen LogP contribution in [-0.2, 0) is 25.1 Å². The lowest BCUT2D eigenvalue weighted by Crippen LogP contribution is -2.42. The molecular weight excluding hydrogens is 252 g/mol. The van der Waals surface area contributed by atoms with Crippen LogP contribution in [0.5, 0.6) is 0 Å². The van der Waals surface area contributed by atoms with Crippen molar-refractivity contribution in [3.63, 3.8) is 0 Å². The standard InChI is InChI=1S/C13H24O4S/c1-6-10(4)18(16)9-11(14)13(7-2,8-3)12(15)17-5/h10H,6-9H2,1-5H3. The van der Waals surface area contributed by atoms with Crippen LogP contribution in [0.2, 0.25) is 0 Å². The molecule has 0 aliphatic heterocycles. The van der Waals surface area contributed by atoms with Crippen molar-refractivity contribution in [1.82, 2.24) is 0 Å². The van der Waals surface area contributed by atoms with E-state index in [1.54, 1.807) is 13.8 Å².